The van der Waals surface area contributed by atoms with Crippen LogP contribution in [0.15, 0.2) is 29.6 Å². The summed E-state index contributed by atoms with van der Waals surface area (Å²) in [6, 6.07) is 6.73. The van der Waals surface area contributed by atoms with Gasteiger partial charge in [-0.15, -0.1) is 11.3 Å². The fraction of sp³-hybridized carbons (Fsp3) is 0.593. The van der Waals surface area contributed by atoms with Crippen LogP contribution in [0, 0.1) is 24.6 Å². The minimum absolute atomic E-state index is 0.0240. The maximum Gasteiger partial charge on any atom is 0.321 e. The Balaban J connectivity index is 1.38. The van der Waals surface area contributed by atoms with Crippen molar-refractivity contribution in [3.05, 3.63) is 46.7 Å². The van der Waals surface area contributed by atoms with E-state index >= 15 is 0 Å². The molecule has 7 nitrogen and oxygen atoms in total. The van der Waals surface area contributed by atoms with Gasteiger partial charge in [-0.25, -0.2) is 14.2 Å². The van der Waals surface area contributed by atoms with E-state index in [1.165, 1.54) is 23.3 Å². The van der Waals surface area contributed by atoms with Crippen molar-refractivity contribution in [2.45, 2.75) is 64.5 Å². The molecule has 1 aromatic carbocycles. The smallest absolute Gasteiger partial charge is 0.321 e. The van der Waals surface area contributed by atoms with Crippen LogP contribution >= 0.6 is 11.3 Å². The lowest BCUT2D eigenvalue weighted by Gasteiger charge is -2.43. The van der Waals surface area contributed by atoms with E-state index < -0.39 is 0 Å². The second-order valence-electron chi connectivity index (χ2n) is 10.5. The molecule has 4 unspecified atom stereocenters. The summed E-state index contributed by atoms with van der Waals surface area (Å²) in [7, 11) is 1.85. The molecule has 4 atom stereocenters. The second-order valence-corrected chi connectivity index (χ2v) is 11.3. The zero-order valence-corrected chi connectivity index (χ0v) is 22.3. The first-order chi connectivity index (χ1) is 17.3. The number of thiazole rings is 1. The molecule has 1 saturated heterocycles. The van der Waals surface area contributed by atoms with Gasteiger partial charge in [0, 0.05) is 44.5 Å². The summed E-state index contributed by atoms with van der Waals surface area (Å²) < 4.78 is 13.3. The van der Waals surface area contributed by atoms with Gasteiger partial charge in [0.2, 0.25) is 5.91 Å². The molecule has 2 N–H and O–H groups in total. The Morgan fingerprint density at radius 3 is 2.69 bits per heavy atom. The van der Waals surface area contributed by atoms with Crippen LogP contribution in [0.4, 0.5) is 14.3 Å². The molecule has 1 aromatic heterocycles. The lowest BCUT2D eigenvalue weighted by Crippen LogP contribution is -2.54. The molecule has 2 fully saturated rings. The minimum atomic E-state index is -0.238. The summed E-state index contributed by atoms with van der Waals surface area (Å²) in [5, 5.41) is 8.59. The fourth-order valence-corrected chi connectivity index (χ4v) is 6.38. The standard InChI is InChI=1S/C27H38FN5O2S/c1-18-17-36-27(29-18)31-26(35)30-25-14-24(32(3)19(2)34)11-8-22(25)16-33-12-4-5-21(15-33)13-20-6-9-23(28)10-7-20/h6-7,9-10,17,21-22,24-25H,4-5,8,11-16H2,1-3H3,(H2,29,30,31,35). The highest BCUT2D eigenvalue weighted by molar-refractivity contribution is 7.13. The van der Waals surface area contributed by atoms with E-state index in [-0.39, 0.29) is 29.8 Å². The predicted octanol–water partition coefficient (Wildman–Crippen LogP) is 4.68. The summed E-state index contributed by atoms with van der Waals surface area (Å²) in [5.74, 6) is 0.726. The van der Waals surface area contributed by atoms with Gasteiger partial charge in [0.25, 0.3) is 0 Å². The van der Waals surface area contributed by atoms with Crippen molar-refractivity contribution in [3.8, 4) is 0 Å². The number of likely N-dealkylation sites (tertiary alicyclic amines) is 1. The molecule has 0 radical (unpaired) electrons. The first-order valence-electron chi connectivity index (χ1n) is 13.0. The number of aryl methyl sites for hydroxylation is 1. The molecule has 4 rings (SSSR count). The number of urea groups is 1. The number of rotatable bonds is 7. The topological polar surface area (TPSA) is 77.6 Å². The SMILES string of the molecule is CC(=O)N(C)C1CCC(CN2CCCC(Cc3ccc(F)cc3)C2)C(NC(=O)Nc2nc(C)cs2)C1. The monoisotopic (exact) mass is 515 g/mol. The van der Waals surface area contributed by atoms with Gasteiger partial charge in [0.15, 0.2) is 5.13 Å². The van der Waals surface area contributed by atoms with Crippen molar-refractivity contribution in [3.63, 3.8) is 0 Å². The number of nitrogens with zero attached hydrogens (tertiary/aromatic N) is 3. The molecule has 3 amide bonds. The number of carbonyl (C=O) groups excluding carboxylic acids is 2. The maximum absolute atomic E-state index is 13.3. The van der Waals surface area contributed by atoms with Crippen LogP contribution in [0.5, 0.6) is 0 Å². The fourth-order valence-electron chi connectivity index (χ4n) is 5.70. The van der Waals surface area contributed by atoms with Crippen LogP contribution in [-0.4, -0.2) is 65.5 Å². The number of anilines is 1. The van der Waals surface area contributed by atoms with Crippen LogP contribution in [0.1, 0.15) is 50.3 Å². The number of nitrogens with one attached hydrogen (secondary N) is 2. The number of hydrogen-bond donors (Lipinski definition) is 2. The van der Waals surface area contributed by atoms with E-state index in [9.17, 15) is 14.0 Å². The van der Waals surface area contributed by atoms with E-state index in [0.29, 0.717) is 17.0 Å². The molecule has 2 aromatic rings. The molecule has 2 aliphatic rings. The van der Waals surface area contributed by atoms with Crippen LogP contribution in [0.2, 0.25) is 0 Å². The number of benzene rings is 1. The molecular weight excluding hydrogens is 477 g/mol. The summed E-state index contributed by atoms with van der Waals surface area (Å²) >= 11 is 1.42. The molecule has 0 bridgehead atoms. The normalized spacial score (nSPS) is 24.8. The Hall–Kier alpha value is -2.52. The van der Waals surface area contributed by atoms with E-state index in [1.54, 1.807) is 19.1 Å². The van der Waals surface area contributed by atoms with Gasteiger partial charge in [-0.2, -0.15) is 0 Å². The van der Waals surface area contributed by atoms with E-state index in [2.05, 4.69) is 20.5 Å². The number of piperidine rings is 1. The van der Waals surface area contributed by atoms with Crippen LogP contribution in [0.3, 0.4) is 0 Å². The second kappa shape index (κ2) is 12.1. The zero-order chi connectivity index (χ0) is 25.7. The quantitative estimate of drug-likeness (QED) is 0.561. The van der Waals surface area contributed by atoms with Crippen molar-refractivity contribution in [2.75, 3.05) is 32.0 Å². The number of carbonyl (C=O) groups is 2. The van der Waals surface area contributed by atoms with Gasteiger partial charge in [-0.05, 0) is 81.5 Å². The summed E-state index contributed by atoms with van der Waals surface area (Å²) in [5.41, 5.74) is 2.07. The van der Waals surface area contributed by atoms with Crippen molar-refractivity contribution in [1.29, 1.82) is 0 Å². The summed E-state index contributed by atoms with van der Waals surface area (Å²) in [4.78, 5) is 33.5. The third-order valence-electron chi connectivity index (χ3n) is 7.70. The Morgan fingerprint density at radius 2 is 2.00 bits per heavy atom. The molecule has 2 heterocycles. The van der Waals surface area contributed by atoms with Crippen molar-refractivity contribution in [1.82, 2.24) is 20.1 Å². The molecule has 196 valence electrons. The molecule has 36 heavy (non-hydrogen) atoms. The number of halogens is 1. The lowest BCUT2D eigenvalue weighted by atomic mass is 9.80. The number of amides is 3. The lowest BCUT2D eigenvalue weighted by molar-refractivity contribution is -0.130. The Morgan fingerprint density at radius 1 is 1.22 bits per heavy atom. The minimum Gasteiger partial charge on any atom is -0.343 e. The van der Waals surface area contributed by atoms with Crippen molar-refractivity contribution >= 4 is 28.4 Å². The molecule has 1 saturated carbocycles. The third kappa shape index (κ3) is 7.26. The van der Waals surface area contributed by atoms with Gasteiger partial charge in [-0.3, -0.25) is 10.1 Å². The number of hydrogen-bond acceptors (Lipinski definition) is 5. The molecule has 1 aliphatic heterocycles. The molecule has 1 aliphatic carbocycles. The maximum atomic E-state index is 13.3. The van der Waals surface area contributed by atoms with Crippen LogP contribution < -0.4 is 10.6 Å². The highest BCUT2D eigenvalue weighted by atomic mass is 32.1. The van der Waals surface area contributed by atoms with Gasteiger partial charge >= 0.3 is 6.03 Å². The first-order valence-corrected chi connectivity index (χ1v) is 13.8. The summed E-state index contributed by atoms with van der Waals surface area (Å²) in [6.45, 7) is 6.51. The largest absolute Gasteiger partial charge is 0.343 e. The van der Waals surface area contributed by atoms with Gasteiger partial charge in [0.1, 0.15) is 5.82 Å². The van der Waals surface area contributed by atoms with E-state index in [4.69, 9.17) is 0 Å². The Bertz CT molecular complexity index is 1030. The van der Waals surface area contributed by atoms with Gasteiger partial charge in [0.05, 0.1) is 5.69 Å². The average Bonchev–Trinajstić information content (AvgIpc) is 3.25. The Kier molecular flexibility index (Phi) is 8.95. The summed E-state index contributed by atoms with van der Waals surface area (Å²) in [6.07, 6.45) is 5.95. The highest BCUT2D eigenvalue weighted by Gasteiger charge is 2.36. The molecule has 0 spiro atoms. The molecular formula is C27H38FN5O2S. The number of aromatic nitrogens is 1. The molecule has 9 heteroatoms. The van der Waals surface area contributed by atoms with E-state index in [0.717, 1.165) is 57.4 Å². The van der Waals surface area contributed by atoms with E-state index in [1.807, 2.05) is 36.4 Å². The van der Waals surface area contributed by atoms with Gasteiger partial charge < -0.3 is 15.1 Å². The Labute approximate surface area is 217 Å². The first kappa shape index (κ1) is 26.5. The van der Waals surface area contributed by atoms with Crippen molar-refractivity contribution in [2.24, 2.45) is 11.8 Å². The van der Waals surface area contributed by atoms with Gasteiger partial charge in [-0.1, -0.05) is 12.1 Å². The zero-order valence-electron chi connectivity index (χ0n) is 21.5. The highest BCUT2D eigenvalue weighted by Crippen LogP contribution is 2.30. The van der Waals surface area contributed by atoms with Crippen molar-refractivity contribution < 1.29 is 14.0 Å². The predicted molar refractivity (Wildman–Crippen MR) is 142 cm³/mol. The van der Waals surface area contributed by atoms with Crippen LogP contribution in [-0.2, 0) is 11.2 Å². The van der Waals surface area contributed by atoms with Crippen LogP contribution in [0.25, 0.3) is 0 Å². The third-order valence-corrected chi connectivity index (χ3v) is 8.58. The average molecular weight is 516 g/mol.